The van der Waals surface area contributed by atoms with Gasteiger partial charge >= 0.3 is 0 Å². The predicted octanol–water partition coefficient (Wildman–Crippen LogP) is 1.70. The summed E-state index contributed by atoms with van der Waals surface area (Å²) < 4.78 is 5.43. The molecular weight excluding hydrogens is 258 g/mol. The van der Waals surface area contributed by atoms with Gasteiger partial charge in [0.15, 0.2) is 5.69 Å². The van der Waals surface area contributed by atoms with E-state index >= 15 is 0 Å². The first-order chi connectivity index (χ1) is 9.60. The van der Waals surface area contributed by atoms with Crippen LogP contribution in [-0.2, 0) is 0 Å². The summed E-state index contributed by atoms with van der Waals surface area (Å²) in [6.07, 6.45) is 1.66. The summed E-state index contributed by atoms with van der Waals surface area (Å²) in [5.74, 6) is 1.66. The van der Waals surface area contributed by atoms with Crippen molar-refractivity contribution in [1.82, 2.24) is 20.5 Å². The molecule has 0 radical (unpaired) electrons. The molecular formula is C13H17N5O2. The molecule has 0 spiro atoms. The van der Waals surface area contributed by atoms with Crippen molar-refractivity contribution in [1.29, 1.82) is 0 Å². The van der Waals surface area contributed by atoms with E-state index in [2.05, 4.69) is 25.8 Å². The molecule has 20 heavy (non-hydrogen) atoms. The summed E-state index contributed by atoms with van der Waals surface area (Å²) in [6, 6.07) is 3.19. The molecule has 2 aromatic rings. The van der Waals surface area contributed by atoms with Gasteiger partial charge < -0.3 is 15.1 Å². The van der Waals surface area contributed by atoms with E-state index < -0.39 is 0 Å². The average Bonchev–Trinajstić information content (AvgIpc) is 2.86. The fourth-order valence-electron chi connectivity index (χ4n) is 1.64. The Morgan fingerprint density at radius 3 is 2.75 bits per heavy atom. The molecule has 2 N–H and O–H groups in total. The molecule has 0 saturated carbocycles. The van der Waals surface area contributed by atoms with Crippen molar-refractivity contribution >= 4 is 11.7 Å². The van der Waals surface area contributed by atoms with Crippen molar-refractivity contribution in [2.24, 2.45) is 0 Å². The zero-order valence-electron chi connectivity index (χ0n) is 11.7. The second-order valence-corrected chi connectivity index (χ2v) is 4.34. The molecule has 106 valence electrons. The van der Waals surface area contributed by atoms with Gasteiger partial charge in [0.25, 0.3) is 5.91 Å². The lowest BCUT2D eigenvalue weighted by atomic mass is 10.3. The molecule has 0 bridgehead atoms. The van der Waals surface area contributed by atoms with Crippen LogP contribution in [0.25, 0.3) is 0 Å². The fraction of sp³-hybridized carbons (Fsp3) is 0.385. The normalized spacial score (nSPS) is 11.9. The van der Waals surface area contributed by atoms with Crippen LogP contribution in [0.15, 0.2) is 22.7 Å². The van der Waals surface area contributed by atoms with Gasteiger partial charge in [-0.05, 0) is 32.9 Å². The van der Waals surface area contributed by atoms with Crippen LogP contribution in [0.3, 0.4) is 0 Å². The number of hydrogen-bond donors (Lipinski definition) is 2. The summed E-state index contributed by atoms with van der Waals surface area (Å²) >= 11 is 0. The second kappa shape index (κ2) is 6.14. The Hall–Kier alpha value is -2.44. The lowest BCUT2D eigenvalue weighted by Crippen LogP contribution is -2.24. The molecule has 0 fully saturated rings. The van der Waals surface area contributed by atoms with Crippen molar-refractivity contribution in [3.05, 3.63) is 35.7 Å². The molecule has 0 aliphatic carbocycles. The van der Waals surface area contributed by atoms with E-state index in [9.17, 15) is 4.79 Å². The fourth-order valence-corrected chi connectivity index (χ4v) is 1.64. The van der Waals surface area contributed by atoms with Crippen LogP contribution in [0.2, 0.25) is 0 Å². The van der Waals surface area contributed by atoms with Gasteiger partial charge in [0.1, 0.15) is 17.6 Å². The van der Waals surface area contributed by atoms with Gasteiger partial charge in [-0.2, -0.15) is 0 Å². The number of anilines is 1. The van der Waals surface area contributed by atoms with Gasteiger partial charge in [-0.1, -0.05) is 0 Å². The molecule has 2 rings (SSSR count). The van der Waals surface area contributed by atoms with Crippen LogP contribution in [0.5, 0.6) is 0 Å². The lowest BCUT2D eigenvalue weighted by Gasteiger charge is -2.10. The van der Waals surface area contributed by atoms with Gasteiger partial charge in [-0.3, -0.25) is 4.79 Å². The number of nitrogens with zero attached hydrogens (tertiary/aromatic N) is 3. The molecule has 2 aromatic heterocycles. The first kappa shape index (κ1) is 14.0. The number of carbonyl (C=O) groups is 1. The number of hydrogen-bond acceptors (Lipinski definition) is 6. The standard InChI is InChI=1S/C13H17N5O2/c1-4-14-12(19)10-5-6-11(18-17-10)16-9(3)13-15-7-8(2)20-13/h5-7,9H,4H2,1-3H3,(H,14,19)(H,16,18). The molecule has 1 amide bonds. The number of amides is 1. The minimum absolute atomic E-state index is 0.131. The summed E-state index contributed by atoms with van der Waals surface area (Å²) in [6.45, 7) is 6.15. The zero-order chi connectivity index (χ0) is 14.5. The first-order valence-corrected chi connectivity index (χ1v) is 6.41. The van der Waals surface area contributed by atoms with Crippen molar-refractivity contribution in [3.8, 4) is 0 Å². The van der Waals surface area contributed by atoms with Crippen molar-refractivity contribution in [2.75, 3.05) is 11.9 Å². The van der Waals surface area contributed by atoms with E-state index in [-0.39, 0.29) is 17.6 Å². The highest BCUT2D eigenvalue weighted by atomic mass is 16.4. The van der Waals surface area contributed by atoms with Crippen molar-refractivity contribution < 1.29 is 9.21 Å². The van der Waals surface area contributed by atoms with Crippen LogP contribution in [0.1, 0.15) is 42.0 Å². The van der Waals surface area contributed by atoms with Crippen molar-refractivity contribution in [3.63, 3.8) is 0 Å². The number of carbonyl (C=O) groups excluding carboxylic acids is 1. The van der Waals surface area contributed by atoms with Gasteiger partial charge in [0.2, 0.25) is 5.89 Å². The van der Waals surface area contributed by atoms with Crippen LogP contribution >= 0.6 is 0 Å². The molecule has 0 saturated heterocycles. The molecule has 7 nitrogen and oxygen atoms in total. The predicted molar refractivity (Wildman–Crippen MR) is 73.3 cm³/mol. The Balaban J connectivity index is 2.01. The molecule has 7 heteroatoms. The third kappa shape index (κ3) is 3.31. The zero-order valence-corrected chi connectivity index (χ0v) is 11.7. The largest absolute Gasteiger partial charge is 0.444 e. The minimum atomic E-state index is -0.233. The van der Waals surface area contributed by atoms with E-state index in [0.717, 1.165) is 5.76 Å². The number of rotatable bonds is 5. The van der Waals surface area contributed by atoms with E-state index in [0.29, 0.717) is 18.3 Å². The Kier molecular flexibility index (Phi) is 4.29. The molecule has 0 aliphatic rings. The van der Waals surface area contributed by atoms with Crippen LogP contribution in [-0.4, -0.2) is 27.6 Å². The topological polar surface area (TPSA) is 92.9 Å². The summed E-state index contributed by atoms with van der Waals surface area (Å²) in [7, 11) is 0. The van der Waals surface area contributed by atoms with E-state index in [4.69, 9.17) is 4.42 Å². The third-order valence-electron chi connectivity index (χ3n) is 2.61. The molecule has 1 unspecified atom stereocenters. The molecule has 2 heterocycles. The molecule has 1 atom stereocenters. The quantitative estimate of drug-likeness (QED) is 0.862. The molecule has 0 aliphatic heterocycles. The average molecular weight is 275 g/mol. The Morgan fingerprint density at radius 1 is 1.40 bits per heavy atom. The second-order valence-electron chi connectivity index (χ2n) is 4.34. The summed E-state index contributed by atoms with van der Waals surface area (Å²) in [5, 5.41) is 13.6. The highest BCUT2D eigenvalue weighted by molar-refractivity contribution is 5.92. The Bertz CT molecular complexity index is 579. The summed E-state index contributed by atoms with van der Waals surface area (Å²) in [4.78, 5) is 15.7. The monoisotopic (exact) mass is 275 g/mol. The maximum absolute atomic E-state index is 11.5. The maximum Gasteiger partial charge on any atom is 0.271 e. The highest BCUT2D eigenvalue weighted by Crippen LogP contribution is 2.16. The van der Waals surface area contributed by atoms with E-state index in [1.807, 2.05) is 20.8 Å². The van der Waals surface area contributed by atoms with Gasteiger partial charge in [-0.15, -0.1) is 10.2 Å². The smallest absolute Gasteiger partial charge is 0.271 e. The maximum atomic E-state index is 11.5. The van der Waals surface area contributed by atoms with Gasteiger partial charge in [0, 0.05) is 6.54 Å². The van der Waals surface area contributed by atoms with Crippen LogP contribution in [0, 0.1) is 6.92 Å². The third-order valence-corrected chi connectivity index (χ3v) is 2.61. The number of oxazole rings is 1. The van der Waals surface area contributed by atoms with Crippen molar-refractivity contribution in [2.45, 2.75) is 26.8 Å². The number of nitrogens with one attached hydrogen (secondary N) is 2. The Labute approximate surface area is 116 Å². The minimum Gasteiger partial charge on any atom is -0.444 e. The highest BCUT2D eigenvalue weighted by Gasteiger charge is 2.12. The molecule has 0 aromatic carbocycles. The number of aryl methyl sites for hydroxylation is 1. The SMILES string of the molecule is CCNC(=O)c1ccc(NC(C)c2ncc(C)o2)nn1. The number of aromatic nitrogens is 3. The lowest BCUT2D eigenvalue weighted by molar-refractivity contribution is 0.0950. The van der Waals surface area contributed by atoms with Gasteiger partial charge in [-0.25, -0.2) is 4.98 Å². The van der Waals surface area contributed by atoms with Gasteiger partial charge in [0.05, 0.1) is 6.20 Å². The Morgan fingerprint density at radius 2 is 2.20 bits per heavy atom. The first-order valence-electron chi connectivity index (χ1n) is 6.41. The van der Waals surface area contributed by atoms with E-state index in [1.54, 1.807) is 18.3 Å². The summed E-state index contributed by atoms with van der Waals surface area (Å²) in [5.41, 5.74) is 0.289. The van der Waals surface area contributed by atoms with Crippen LogP contribution < -0.4 is 10.6 Å². The van der Waals surface area contributed by atoms with E-state index in [1.165, 1.54) is 0 Å². The van der Waals surface area contributed by atoms with Crippen LogP contribution in [0.4, 0.5) is 5.82 Å².